The van der Waals surface area contributed by atoms with Crippen molar-refractivity contribution in [1.29, 1.82) is 0 Å². The van der Waals surface area contributed by atoms with E-state index in [9.17, 15) is 4.79 Å². The lowest BCUT2D eigenvalue weighted by atomic mass is 10.5. The molecule has 0 unspecified atom stereocenters. The van der Waals surface area contributed by atoms with Crippen molar-refractivity contribution in [2.75, 3.05) is 0 Å². The van der Waals surface area contributed by atoms with E-state index in [0.717, 1.165) is 4.47 Å². The molecule has 0 aromatic carbocycles. The minimum atomic E-state index is 0.189. The molecular weight excluding hydrogens is 252 g/mol. The number of furan rings is 1. The van der Waals surface area contributed by atoms with E-state index in [1.165, 1.54) is 6.07 Å². The quantitative estimate of drug-likeness (QED) is 0.768. The van der Waals surface area contributed by atoms with Crippen molar-refractivity contribution < 1.29 is 9.21 Å². The predicted molar refractivity (Wildman–Crippen MR) is 38.9 cm³/mol. The van der Waals surface area contributed by atoms with Crippen molar-refractivity contribution >= 4 is 38.1 Å². The van der Waals surface area contributed by atoms with Crippen LogP contribution in [-0.4, -0.2) is 6.29 Å². The van der Waals surface area contributed by atoms with Gasteiger partial charge in [-0.2, -0.15) is 0 Å². The van der Waals surface area contributed by atoms with Gasteiger partial charge in [-0.25, -0.2) is 0 Å². The van der Waals surface area contributed by atoms with Crippen LogP contribution in [0.2, 0.25) is 0 Å². The van der Waals surface area contributed by atoms with Gasteiger partial charge in [0.15, 0.2) is 10.4 Å². The smallest absolute Gasteiger partial charge is 0.272 e. The standard InChI is InChI=1S/C5HBr2O2/c6-4-1-3(2-8)9-5(4)7/h1H. The third kappa shape index (κ3) is 1.43. The Hall–Kier alpha value is -0.0900. The highest BCUT2D eigenvalue weighted by molar-refractivity contribution is 9.13. The zero-order chi connectivity index (χ0) is 6.85. The van der Waals surface area contributed by atoms with Crippen LogP contribution in [0, 0.1) is 0 Å². The van der Waals surface area contributed by atoms with Crippen molar-refractivity contribution in [3.8, 4) is 0 Å². The summed E-state index contributed by atoms with van der Waals surface area (Å²) in [5.41, 5.74) is 0. The van der Waals surface area contributed by atoms with Gasteiger partial charge in [0.25, 0.3) is 6.29 Å². The van der Waals surface area contributed by atoms with E-state index in [-0.39, 0.29) is 5.76 Å². The topological polar surface area (TPSA) is 30.2 Å². The van der Waals surface area contributed by atoms with Crippen molar-refractivity contribution in [3.63, 3.8) is 0 Å². The van der Waals surface area contributed by atoms with Crippen LogP contribution in [0.15, 0.2) is 19.6 Å². The van der Waals surface area contributed by atoms with Crippen molar-refractivity contribution in [2.24, 2.45) is 0 Å². The van der Waals surface area contributed by atoms with E-state index in [0.29, 0.717) is 4.67 Å². The molecule has 2 nitrogen and oxygen atoms in total. The van der Waals surface area contributed by atoms with Crippen LogP contribution in [0.25, 0.3) is 0 Å². The minimum Gasteiger partial charge on any atom is -0.444 e. The lowest BCUT2D eigenvalue weighted by Gasteiger charge is -1.75. The average molecular weight is 253 g/mol. The molecule has 1 aromatic heterocycles. The van der Waals surface area contributed by atoms with E-state index < -0.39 is 0 Å². The summed E-state index contributed by atoms with van der Waals surface area (Å²) in [4.78, 5) is 9.91. The first-order valence-electron chi connectivity index (χ1n) is 2.07. The second kappa shape index (κ2) is 2.66. The summed E-state index contributed by atoms with van der Waals surface area (Å²) in [5, 5.41) is 0. The van der Waals surface area contributed by atoms with Crippen LogP contribution < -0.4 is 0 Å². The molecule has 0 fully saturated rings. The van der Waals surface area contributed by atoms with Crippen molar-refractivity contribution in [3.05, 3.63) is 21.0 Å². The van der Waals surface area contributed by atoms with Gasteiger partial charge in [0.05, 0.1) is 4.47 Å². The van der Waals surface area contributed by atoms with Gasteiger partial charge in [0.1, 0.15) is 0 Å². The molecule has 0 saturated carbocycles. The van der Waals surface area contributed by atoms with E-state index >= 15 is 0 Å². The van der Waals surface area contributed by atoms with Gasteiger partial charge >= 0.3 is 0 Å². The molecule has 0 bridgehead atoms. The lowest BCUT2D eigenvalue weighted by Crippen LogP contribution is -1.67. The molecule has 0 aliphatic carbocycles. The zero-order valence-corrected chi connectivity index (χ0v) is 7.32. The summed E-state index contributed by atoms with van der Waals surface area (Å²) < 4.78 is 6.05. The van der Waals surface area contributed by atoms with Gasteiger partial charge in [-0.15, -0.1) is 0 Å². The lowest BCUT2D eigenvalue weighted by molar-refractivity contribution is 0.503. The first kappa shape index (κ1) is 7.02. The average Bonchev–Trinajstić information content (AvgIpc) is 2.13. The van der Waals surface area contributed by atoms with Gasteiger partial charge in [0, 0.05) is 6.07 Å². The Morgan fingerprint density at radius 1 is 1.56 bits per heavy atom. The summed E-state index contributed by atoms with van der Waals surface area (Å²) in [5.74, 6) is 0.189. The number of rotatable bonds is 1. The Bertz CT molecular complexity index is 209. The summed E-state index contributed by atoms with van der Waals surface area (Å²) >= 11 is 6.20. The predicted octanol–water partition coefficient (Wildman–Crippen LogP) is 2.26. The molecule has 1 heterocycles. The van der Waals surface area contributed by atoms with E-state index in [4.69, 9.17) is 4.42 Å². The van der Waals surface area contributed by atoms with Crippen LogP contribution in [0.4, 0.5) is 0 Å². The SMILES string of the molecule is O=[C]c1cc(Br)c(Br)o1. The number of hydrogen-bond donors (Lipinski definition) is 0. The summed E-state index contributed by atoms with van der Waals surface area (Å²) in [7, 11) is 0. The molecule has 4 heteroatoms. The minimum absolute atomic E-state index is 0.189. The van der Waals surface area contributed by atoms with Gasteiger partial charge < -0.3 is 4.42 Å². The van der Waals surface area contributed by atoms with E-state index in [1.54, 1.807) is 6.29 Å². The molecule has 0 N–H and O–H groups in total. The maximum atomic E-state index is 9.91. The highest BCUT2D eigenvalue weighted by atomic mass is 79.9. The summed E-state index contributed by atoms with van der Waals surface area (Å²) in [6, 6.07) is 1.54. The molecular formula is C5HBr2O2. The number of hydrogen-bond acceptors (Lipinski definition) is 2. The Morgan fingerprint density at radius 3 is 2.44 bits per heavy atom. The van der Waals surface area contributed by atoms with Crippen molar-refractivity contribution in [1.82, 2.24) is 0 Å². The van der Waals surface area contributed by atoms with Crippen LogP contribution in [0.1, 0.15) is 5.76 Å². The van der Waals surface area contributed by atoms with Crippen LogP contribution >= 0.6 is 31.9 Å². The largest absolute Gasteiger partial charge is 0.444 e. The molecule has 0 aliphatic heterocycles. The van der Waals surface area contributed by atoms with E-state index in [1.807, 2.05) is 0 Å². The summed E-state index contributed by atoms with van der Waals surface area (Å²) in [6.07, 6.45) is 1.61. The molecule has 1 rings (SSSR count). The third-order valence-corrected chi connectivity index (χ3v) is 2.46. The van der Waals surface area contributed by atoms with Crippen LogP contribution in [-0.2, 0) is 4.79 Å². The first-order chi connectivity index (χ1) is 4.24. The summed E-state index contributed by atoms with van der Waals surface area (Å²) in [6.45, 7) is 0. The molecule has 9 heavy (non-hydrogen) atoms. The molecule has 0 atom stereocenters. The van der Waals surface area contributed by atoms with Crippen LogP contribution in [0.5, 0.6) is 0 Å². The molecule has 0 amide bonds. The normalized spacial score (nSPS) is 9.56. The fourth-order valence-electron chi connectivity index (χ4n) is 0.397. The first-order valence-corrected chi connectivity index (χ1v) is 3.65. The fraction of sp³-hybridized carbons (Fsp3) is 0. The number of halogens is 2. The second-order valence-corrected chi connectivity index (χ2v) is 2.91. The Morgan fingerprint density at radius 2 is 2.22 bits per heavy atom. The molecule has 1 radical (unpaired) electrons. The fourth-order valence-corrected chi connectivity index (χ4v) is 0.975. The maximum absolute atomic E-state index is 9.91. The highest BCUT2D eigenvalue weighted by Gasteiger charge is 2.03. The number of carbonyl (C=O) groups excluding carboxylic acids is 1. The van der Waals surface area contributed by atoms with Gasteiger partial charge in [-0.3, -0.25) is 4.79 Å². The monoisotopic (exact) mass is 251 g/mol. The maximum Gasteiger partial charge on any atom is 0.272 e. The Labute approximate surface area is 68.5 Å². The Balaban J connectivity index is 3.11. The molecule has 47 valence electrons. The van der Waals surface area contributed by atoms with Crippen LogP contribution in [0.3, 0.4) is 0 Å². The van der Waals surface area contributed by atoms with Gasteiger partial charge in [-0.1, -0.05) is 0 Å². The Kier molecular flexibility index (Phi) is 2.08. The molecule has 0 saturated heterocycles. The van der Waals surface area contributed by atoms with Crippen molar-refractivity contribution in [2.45, 2.75) is 0 Å². The third-order valence-electron chi connectivity index (χ3n) is 0.746. The zero-order valence-electron chi connectivity index (χ0n) is 4.15. The molecule has 0 aliphatic rings. The van der Waals surface area contributed by atoms with Gasteiger partial charge in [0.2, 0.25) is 0 Å². The van der Waals surface area contributed by atoms with E-state index in [2.05, 4.69) is 31.9 Å². The second-order valence-electron chi connectivity index (χ2n) is 1.33. The van der Waals surface area contributed by atoms with Gasteiger partial charge in [-0.05, 0) is 31.9 Å². The molecule has 0 spiro atoms. The highest BCUT2D eigenvalue weighted by Crippen LogP contribution is 2.25. The molecule has 1 aromatic rings.